The zero-order valence-corrected chi connectivity index (χ0v) is 12.4. The summed E-state index contributed by atoms with van der Waals surface area (Å²) in [6.45, 7) is 6.11. The fourth-order valence-electron chi connectivity index (χ4n) is 2.00. The van der Waals surface area contributed by atoms with E-state index in [-0.39, 0.29) is 17.4 Å². The van der Waals surface area contributed by atoms with Gasteiger partial charge in [-0.15, -0.1) is 0 Å². The minimum atomic E-state index is -1.61. The maximum absolute atomic E-state index is 9.17. The Hall–Kier alpha value is -1.86. The summed E-state index contributed by atoms with van der Waals surface area (Å²) in [7, 11) is -1.61. The van der Waals surface area contributed by atoms with Crippen LogP contribution in [0.3, 0.4) is 0 Å². The Morgan fingerprint density at radius 3 is 2.67 bits per heavy atom. The second kappa shape index (κ2) is 6.28. The third-order valence-corrected chi connectivity index (χ3v) is 3.64. The molecule has 0 spiro atoms. The molecule has 4 N–H and O–H groups in total. The quantitative estimate of drug-likeness (QED) is 0.694. The molecule has 0 saturated heterocycles. The first-order valence-electron chi connectivity index (χ1n) is 6.92. The van der Waals surface area contributed by atoms with E-state index in [4.69, 9.17) is 10.5 Å². The highest BCUT2D eigenvalue weighted by Gasteiger charge is 2.20. The van der Waals surface area contributed by atoms with Crippen molar-refractivity contribution in [3.8, 4) is 5.75 Å². The molecule has 2 unspecified atom stereocenters. The lowest BCUT2D eigenvalue weighted by Crippen LogP contribution is -2.31. The van der Waals surface area contributed by atoms with Crippen molar-refractivity contribution in [1.82, 2.24) is 4.98 Å². The molecular weight excluding hydrogens is 269 g/mol. The Labute approximate surface area is 124 Å². The van der Waals surface area contributed by atoms with Crippen LogP contribution in [0.4, 0.5) is 5.82 Å². The summed E-state index contributed by atoms with van der Waals surface area (Å²) in [5, 5.41) is 18.3. The van der Waals surface area contributed by atoms with Gasteiger partial charge >= 0.3 is 7.12 Å². The Morgan fingerprint density at radius 2 is 2.05 bits per heavy atom. The van der Waals surface area contributed by atoms with Gasteiger partial charge in [-0.3, -0.25) is 4.99 Å². The molecule has 0 aliphatic carbocycles. The molecular formula is C14H20BN3O3. The number of hydrogen-bond donors (Lipinski definition) is 3. The van der Waals surface area contributed by atoms with Crippen LogP contribution in [0.15, 0.2) is 29.0 Å². The van der Waals surface area contributed by atoms with E-state index in [0.717, 1.165) is 5.70 Å². The summed E-state index contributed by atoms with van der Waals surface area (Å²) in [4.78, 5) is 8.30. The molecule has 112 valence electrons. The van der Waals surface area contributed by atoms with Gasteiger partial charge in [0, 0.05) is 17.9 Å². The van der Waals surface area contributed by atoms with Crippen molar-refractivity contribution in [3.05, 3.63) is 24.0 Å². The lowest BCUT2D eigenvalue weighted by atomic mass is 9.81. The zero-order valence-electron chi connectivity index (χ0n) is 12.4. The molecule has 6 nitrogen and oxygen atoms in total. The fourth-order valence-corrected chi connectivity index (χ4v) is 2.00. The van der Waals surface area contributed by atoms with Gasteiger partial charge in [0.2, 0.25) is 0 Å². The predicted molar refractivity (Wildman–Crippen MR) is 83.5 cm³/mol. The summed E-state index contributed by atoms with van der Waals surface area (Å²) >= 11 is 0. The molecule has 0 aromatic carbocycles. The van der Waals surface area contributed by atoms with Gasteiger partial charge in [0.25, 0.3) is 0 Å². The Bertz CT molecular complexity index is 575. The van der Waals surface area contributed by atoms with Crippen LogP contribution in [0.25, 0.3) is 0 Å². The predicted octanol–water partition coefficient (Wildman–Crippen LogP) is 0.351. The molecule has 7 heteroatoms. The van der Waals surface area contributed by atoms with Crippen molar-refractivity contribution >= 4 is 24.6 Å². The Balaban J connectivity index is 2.16. The third-order valence-electron chi connectivity index (χ3n) is 3.64. The molecule has 1 aromatic rings. The topological polar surface area (TPSA) is 101 Å². The lowest BCUT2D eigenvalue weighted by molar-refractivity contribution is 0.254. The molecule has 21 heavy (non-hydrogen) atoms. The van der Waals surface area contributed by atoms with Crippen molar-refractivity contribution < 1.29 is 14.8 Å². The van der Waals surface area contributed by atoms with E-state index in [1.165, 1.54) is 12.3 Å². The minimum absolute atomic E-state index is 0.202. The minimum Gasteiger partial charge on any atom is -0.481 e. The third kappa shape index (κ3) is 3.62. The number of nitrogens with zero attached hydrogens (tertiary/aromatic N) is 2. The number of aliphatic imine (C=N–C) groups is 1. The molecule has 0 bridgehead atoms. The number of nitrogens with two attached hydrogens (primary N) is 1. The number of ether oxygens (including phenoxy) is 1. The monoisotopic (exact) mass is 289 g/mol. The zero-order chi connectivity index (χ0) is 15.6. The van der Waals surface area contributed by atoms with Gasteiger partial charge in [0.05, 0.1) is 5.70 Å². The van der Waals surface area contributed by atoms with Crippen LogP contribution in [0.5, 0.6) is 5.75 Å². The number of rotatable bonds is 4. The van der Waals surface area contributed by atoms with Crippen LogP contribution < -0.4 is 15.9 Å². The first-order valence-corrected chi connectivity index (χ1v) is 6.92. The number of hydrogen-bond acceptors (Lipinski definition) is 6. The molecule has 0 radical (unpaired) electrons. The molecule has 0 fully saturated rings. The first kappa shape index (κ1) is 15.5. The molecule has 0 saturated carbocycles. The average molecular weight is 289 g/mol. The Kier molecular flexibility index (Phi) is 4.64. The van der Waals surface area contributed by atoms with Crippen LogP contribution >= 0.6 is 0 Å². The second-order valence-corrected chi connectivity index (χ2v) is 5.37. The molecule has 2 rings (SSSR count). The molecule has 2 heterocycles. The molecule has 1 aliphatic heterocycles. The van der Waals surface area contributed by atoms with E-state index in [9.17, 15) is 10.0 Å². The number of aromatic nitrogens is 1. The van der Waals surface area contributed by atoms with E-state index in [1.54, 1.807) is 0 Å². The Morgan fingerprint density at radius 1 is 1.33 bits per heavy atom. The first-order chi connectivity index (χ1) is 9.88. The maximum Gasteiger partial charge on any atom is 0.490 e. The number of anilines is 1. The van der Waals surface area contributed by atoms with Gasteiger partial charge in [-0.05, 0) is 24.8 Å². The molecule has 3 atom stereocenters. The summed E-state index contributed by atoms with van der Waals surface area (Å²) < 4.78 is 5.77. The van der Waals surface area contributed by atoms with Crippen molar-refractivity contribution in [2.24, 2.45) is 16.8 Å². The van der Waals surface area contributed by atoms with Crippen LogP contribution in [0, 0.1) is 11.8 Å². The van der Waals surface area contributed by atoms with Gasteiger partial charge < -0.3 is 20.5 Å². The van der Waals surface area contributed by atoms with Crippen molar-refractivity contribution in [2.45, 2.75) is 26.9 Å². The van der Waals surface area contributed by atoms with Crippen molar-refractivity contribution in [2.75, 3.05) is 5.73 Å². The van der Waals surface area contributed by atoms with E-state index in [1.807, 2.05) is 13.1 Å². The van der Waals surface area contributed by atoms with Crippen molar-refractivity contribution in [1.29, 1.82) is 0 Å². The number of allylic oxidation sites excluding steroid dienone is 1. The summed E-state index contributed by atoms with van der Waals surface area (Å²) in [6, 6.07) is 1.47. The number of nitrogen functional groups attached to an aromatic ring is 1. The molecule has 1 aliphatic rings. The van der Waals surface area contributed by atoms with Gasteiger partial charge in [-0.2, -0.15) is 0 Å². The van der Waals surface area contributed by atoms with Gasteiger partial charge in [0.15, 0.2) is 11.6 Å². The number of pyridine rings is 1. The summed E-state index contributed by atoms with van der Waals surface area (Å²) in [6.07, 6.45) is 4.99. The van der Waals surface area contributed by atoms with Crippen LogP contribution in [0.2, 0.25) is 0 Å². The normalized spacial score (nSPS) is 22.6. The van der Waals surface area contributed by atoms with Crippen LogP contribution in [-0.4, -0.2) is 34.5 Å². The highest BCUT2D eigenvalue weighted by Crippen LogP contribution is 2.25. The summed E-state index contributed by atoms with van der Waals surface area (Å²) in [5.41, 5.74) is 6.82. The highest BCUT2D eigenvalue weighted by molar-refractivity contribution is 6.58. The van der Waals surface area contributed by atoms with Crippen LogP contribution in [0.1, 0.15) is 20.8 Å². The van der Waals surface area contributed by atoms with Gasteiger partial charge in [0.1, 0.15) is 6.10 Å². The lowest BCUT2D eigenvalue weighted by Gasteiger charge is -2.23. The van der Waals surface area contributed by atoms with Gasteiger partial charge in [-0.25, -0.2) is 4.98 Å². The molecule has 0 amide bonds. The van der Waals surface area contributed by atoms with Crippen molar-refractivity contribution in [3.63, 3.8) is 0 Å². The maximum atomic E-state index is 9.17. The smallest absolute Gasteiger partial charge is 0.481 e. The average Bonchev–Trinajstić information content (AvgIpc) is 2.43. The second-order valence-electron chi connectivity index (χ2n) is 5.37. The largest absolute Gasteiger partial charge is 0.490 e. The van der Waals surface area contributed by atoms with E-state index in [0.29, 0.717) is 17.6 Å². The summed E-state index contributed by atoms with van der Waals surface area (Å²) in [5.74, 6) is 1.31. The van der Waals surface area contributed by atoms with E-state index >= 15 is 0 Å². The SMILES string of the molecule is CC1C=NC([C@@H](C)Oc2cc(B(O)O)cnc2N)=CC1C. The van der Waals surface area contributed by atoms with E-state index < -0.39 is 7.12 Å². The van der Waals surface area contributed by atoms with Crippen LogP contribution in [-0.2, 0) is 0 Å². The van der Waals surface area contributed by atoms with E-state index in [2.05, 4.69) is 29.9 Å². The fraction of sp³-hybridized carbons (Fsp3) is 0.429. The highest BCUT2D eigenvalue weighted by atomic mass is 16.5. The standard InChI is InChI=1S/C14H20BN3O3/c1-8-4-12(17-6-9(8)2)10(3)21-13-5-11(15(19)20)7-18-14(13)16/h4-10,19-20H,1-3H3,(H2,16,18)/t8?,9?,10-/m1/s1. The van der Waals surface area contributed by atoms with Gasteiger partial charge in [-0.1, -0.05) is 19.9 Å². The molecule has 1 aromatic heterocycles.